The maximum absolute atomic E-state index is 12.0. The summed E-state index contributed by atoms with van der Waals surface area (Å²) < 4.78 is 11.0. The normalized spacial score (nSPS) is 25.8. The zero-order valence-corrected chi connectivity index (χ0v) is 12.6. The van der Waals surface area contributed by atoms with Crippen LogP contribution in [0, 0.1) is 5.92 Å². The fourth-order valence-electron chi connectivity index (χ4n) is 3.00. The predicted octanol–water partition coefficient (Wildman–Crippen LogP) is 2.11. The van der Waals surface area contributed by atoms with Crippen LogP contribution in [0.15, 0.2) is 29.2 Å². The molecule has 2 aliphatic rings. The Bertz CT molecular complexity index is 493. The summed E-state index contributed by atoms with van der Waals surface area (Å²) in [5.41, 5.74) is 0.246. The van der Waals surface area contributed by atoms with Crippen molar-refractivity contribution in [3.8, 4) is 0 Å². The van der Waals surface area contributed by atoms with Gasteiger partial charge in [-0.25, -0.2) is 4.99 Å². The van der Waals surface area contributed by atoms with E-state index in [9.17, 15) is 4.79 Å². The average molecular weight is 278 g/mol. The van der Waals surface area contributed by atoms with Crippen molar-refractivity contribution in [1.29, 1.82) is 0 Å². The first-order valence-corrected chi connectivity index (χ1v) is 6.81. The summed E-state index contributed by atoms with van der Waals surface area (Å²) in [6.07, 6.45) is 2.78. The van der Waals surface area contributed by atoms with Crippen molar-refractivity contribution in [2.45, 2.75) is 32.2 Å². The first-order valence-electron chi connectivity index (χ1n) is 6.81. The van der Waals surface area contributed by atoms with Crippen LogP contribution in [-0.4, -0.2) is 42.9 Å². The summed E-state index contributed by atoms with van der Waals surface area (Å²) in [7, 11) is 3.22. The summed E-state index contributed by atoms with van der Waals surface area (Å²) in [6, 6.07) is 0. The number of fused-ring (bicyclic) bond motifs is 1. The van der Waals surface area contributed by atoms with Gasteiger partial charge in [0.1, 0.15) is 11.2 Å². The molecule has 5 heteroatoms. The maximum Gasteiger partial charge on any atom is 0.215 e. The molecule has 0 aromatic carbocycles. The van der Waals surface area contributed by atoms with Gasteiger partial charge < -0.3 is 14.4 Å². The number of allylic oxidation sites excluding steroid dienone is 1. The second-order valence-corrected chi connectivity index (χ2v) is 5.50. The summed E-state index contributed by atoms with van der Waals surface area (Å²) in [4.78, 5) is 18.6. The molecule has 2 heterocycles. The van der Waals surface area contributed by atoms with E-state index in [4.69, 9.17) is 9.47 Å². The lowest BCUT2D eigenvalue weighted by molar-refractivity contribution is -0.117. The number of Topliss-reactive ketones (excluding diaryl/α,β-unsaturated/α-hetero) is 1. The van der Waals surface area contributed by atoms with E-state index >= 15 is 0 Å². The number of rotatable bonds is 4. The van der Waals surface area contributed by atoms with Crippen molar-refractivity contribution in [3.05, 3.63) is 24.2 Å². The molecule has 0 saturated carbocycles. The van der Waals surface area contributed by atoms with Gasteiger partial charge in [0, 0.05) is 12.3 Å². The molecule has 110 valence electrons. The molecule has 0 aromatic rings. The van der Waals surface area contributed by atoms with Crippen LogP contribution in [0.1, 0.15) is 26.7 Å². The Kier molecular flexibility index (Phi) is 3.88. The van der Waals surface area contributed by atoms with Crippen molar-refractivity contribution in [2.75, 3.05) is 20.8 Å². The van der Waals surface area contributed by atoms with Gasteiger partial charge in [-0.2, -0.15) is 0 Å². The zero-order valence-electron chi connectivity index (χ0n) is 12.6. The van der Waals surface area contributed by atoms with Crippen molar-refractivity contribution < 1.29 is 14.3 Å². The van der Waals surface area contributed by atoms with Crippen molar-refractivity contribution in [2.24, 2.45) is 10.9 Å². The van der Waals surface area contributed by atoms with Gasteiger partial charge in [-0.15, -0.1) is 6.58 Å². The quantitative estimate of drug-likeness (QED) is 0.739. The molecule has 2 rings (SSSR count). The summed E-state index contributed by atoms with van der Waals surface area (Å²) in [5.74, 6) is 1.60. The smallest absolute Gasteiger partial charge is 0.215 e. The largest absolute Gasteiger partial charge is 0.482 e. The molecule has 20 heavy (non-hydrogen) atoms. The van der Waals surface area contributed by atoms with Crippen LogP contribution >= 0.6 is 0 Å². The van der Waals surface area contributed by atoms with Gasteiger partial charge in [0.15, 0.2) is 5.78 Å². The Morgan fingerprint density at radius 2 is 2.15 bits per heavy atom. The van der Waals surface area contributed by atoms with E-state index in [2.05, 4.69) is 11.6 Å². The molecule has 0 N–H and O–H groups in total. The standard InChI is InChI=1S/C15H22N2O3/c1-6-7-15-8-11(18)9-17(15)13(19-4)12(10(2)3)16-14(15)20-5/h6,10H,1,7-9H2,2-5H3/t15-/m0/s1. The third kappa shape index (κ3) is 2.01. The Morgan fingerprint density at radius 3 is 2.65 bits per heavy atom. The van der Waals surface area contributed by atoms with E-state index in [1.807, 2.05) is 18.7 Å². The van der Waals surface area contributed by atoms with E-state index < -0.39 is 5.54 Å². The van der Waals surface area contributed by atoms with Gasteiger partial charge in [-0.1, -0.05) is 19.9 Å². The van der Waals surface area contributed by atoms with Crippen molar-refractivity contribution in [3.63, 3.8) is 0 Å². The summed E-state index contributed by atoms with van der Waals surface area (Å²) in [6.45, 7) is 8.22. The van der Waals surface area contributed by atoms with Gasteiger partial charge in [0.25, 0.3) is 0 Å². The van der Waals surface area contributed by atoms with Gasteiger partial charge >= 0.3 is 0 Å². The number of hydrogen-bond acceptors (Lipinski definition) is 5. The highest BCUT2D eigenvalue weighted by Gasteiger charge is 2.53. The number of hydrogen-bond donors (Lipinski definition) is 0. The molecule has 0 amide bonds. The van der Waals surface area contributed by atoms with E-state index in [1.54, 1.807) is 20.3 Å². The fraction of sp³-hybridized carbons (Fsp3) is 0.600. The second kappa shape index (κ2) is 5.31. The van der Waals surface area contributed by atoms with Gasteiger partial charge in [-0.3, -0.25) is 4.79 Å². The minimum absolute atomic E-state index is 0.163. The molecule has 0 radical (unpaired) electrons. The highest BCUT2D eigenvalue weighted by Crippen LogP contribution is 2.41. The fourth-order valence-corrected chi connectivity index (χ4v) is 3.00. The Morgan fingerprint density at radius 1 is 1.45 bits per heavy atom. The average Bonchev–Trinajstić information content (AvgIpc) is 2.73. The molecule has 0 aromatic heterocycles. The van der Waals surface area contributed by atoms with Crippen LogP contribution in [0.25, 0.3) is 0 Å². The minimum atomic E-state index is -0.572. The van der Waals surface area contributed by atoms with E-state index in [-0.39, 0.29) is 11.7 Å². The molecule has 2 aliphatic heterocycles. The molecule has 5 nitrogen and oxygen atoms in total. The van der Waals surface area contributed by atoms with Crippen LogP contribution in [0.3, 0.4) is 0 Å². The van der Waals surface area contributed by atoms with Gasteiger partial charge in [0.05, 0.1) is 20.8 Å². The molecule has 1 atom stereocenters. The molecule has 0 spiro atoms. The number of ketones is 1. The molecule has 1 fully saturated rings. The number of aliphatic imine (C=N–C) groups is 1. The van der Waals surface area contributed by atoms with Crippen LogP contribution in [0.2, 0.25) is 0 Å². The van der Waals surface area contributed by atoms with E-state index in [0.29, 0.717) is 31.2 Å². The number of ether oxygens (including phenoxy) is 2. The molecule has 0 unspecified atom stereocenters. The lowest BCUT2D eigenvalue weighted by Gasteiger charge is -2.42. The van der Waals surface area contributed by atoms with Crippen LogP contribution in [-0.2, 0) is 14.3 Å². The van der Waals surface area contributed by atoms with Crippen molar-refractivity contribution >= 4 is 11.7 Å². The predicted molar refractivity (Wildman–Crippen MR) is 77.2 cm³/mol. The van der Waals surface area contributed by atoms with Crippen LogP contribution in [0.5, 0.6) is 0 Å². The van der Waals surface area contributed by atoms with Crippen LogP contribution in [0.4, 0.5) is 0 Å². The molecular formula is C15H22N2O3. The Balaban J connectivity index is 2.61. The molecule has 0 bridgehead atoms. The highest BCUT2D eigenvalue weighted by atomic mass is 16.5. The van der Waals surface area contributed by atoms with E-state index in [1.165, 1.54) is 0 Å². The molecular weight excluding hydrogens is 256 g/mol. The monoisotopic (exact) mass is 278 g/mol. The Hall–Kier alpha value is -1.78. The lowest BCUT2D eigenvalue weighted by Crippen LogP contribution is -2.53. The number of carbonyl (C=O) groups is 1. The summed E-state index contributed by atoms with van der Waals surface area (Å²) in [5, 5.41) is 0. The number of methoxy groups -OCH3 is 2. The first-order chi connectivity index (χ1) is 9.50. The second-order valence-electron chi connectivity index (χ2n) is 5.50. The molecule has 0 aliphatic carbocycles. The highest BCUT2D eigenvalue weighted by molar-refractivity contribution is 5.98. The maximum atomic E-state index is 12.0. The third-order valence-corrected chi connectivity index (χ3v) is 3.84. The topological polar surface area (TPSA) is 51.1 Å². The lowest BCUT2D eigenvalue weighted by atomic mass is 9.89. The SMILES string of the molecule is C=CC[C@@]12CC(=O)CN1C(OC)=C(C(C)C)N=C2OC. The van der Waals surface area contributed by atoms with Gasteiger partial charge in [-0.05, 0) is 6.42 Å². The zero-order chi connectivity index (χ0) is 14.9. The Labute approximate surface area is 120 Å². The van der Waals surface area contributed by atoms with E-state index in [0.717, 1.165) is 5.70 Å². The van der Waals surface area contributed by atoms with Crippen LogP contribution < -0.4 is 0 Å². The number of carbonyl (C=O) groups excluding carboxylic acids is 1. The minimum Gasteiger partial charge on any atom is -0.482 e. The third-order valence-electron chi connectivity index (χ3n) is 3.84. The first kappa shape index (κ1) is 14.6. The number of nitrogens with zero attached hydrogens (tertiary/aromatic N) is 2. The molecule has 1 saturated heterocycles. The van der Waals surface area contributed by atoms with Gasteiger partial charge in [0.2, 0.25) is 11.8 Å². The van der Waals surface area contributed by atoms with Crippen molar-refractivity contribution in [1.82, 2.24) is 4.90 Å². The summed E-state index contributed by atoms with van der Waals surface area (Å²) >= 11 is 0.